The summed E-state index contributed by atoms with van der Waals surface area (Å²) in [6.07, 6.45) is 0. The molecule has 1 spiro atoms. The van der Waals surface area contributed by atoms with E-state index in [9.17, 15) is 0 Å². The van der Waals surface area contributed by atoms with Gasteiger partial charge in [-0.25, -0.2) is 0 Å². The minimum Gasteiger partial charge on any atom is -0.310 e. The summed E-state index contributed by atoms with van der Waals surface area (Å²) in [7, 11) is 0. The van der Waals surface area contributed by atoms with E-state index in [0.29, 0.717) is 0 Å². The molecule has 0 aliphatic heterocycles. The Morgan fingerprint density at radius 1 is 0.258 bits per heavy atom. The van der Waals surface area contributed by atoms with Crippen molar-refractivity contribution in [2.24, 2.45) is 0 Å². The normalized spacial score (nSPS) is 15.5. The van der Waals surface area contributed by atoms with Crippen molar-refractivity contribution in [1.82, 2.24) is 0 Å². The molecular weight excluding hydrogens is 747 g/mol. The molecule has 0 saturated carbocycles. The summed E-state index contributed by atoms with van der Waals surface area (Å²) in [6.45, 7) is 9.57. The molecular formula is C61H45N. The number of rotatable bonds is 4. The highest BCUT2D eigenvalue weighted by molar-refractivity contribution is 5.97. The van der Waals surface area contributed by atoms with Gasteiger partial charge in [-0.3, -0.25) is 0 Å². The second kappa shape index (κ2) is 12.4. The average Bonchev–Trinajstić information content (AvgIpc) is 3.94. The highest BCUT2D eigenvalue weighted by atomic mass is 15.1. The van der Waals surface area contributed by atoms with Crippen LogP contribution < -0.4 is 4.90 Å². The Bertz CT molecular complexity index is 3320. The van der Waals surface area contributed by atoms with Crippen molar-refractivity contribution < 1.29 is 0 Å². The fourth-order valence-corrected chi connectivity index (χ4v) is 12.2. The maximum atomic E-state index is 2.53. The van der Waals surface area contributed by atoms with Gasteiger partial charge >= 0.3 is 0 Å². The summed E-state index contributed by atoms with van der Waals surface area (Å²) in [5.74, 6) is 0. The van der Waals surface area contributed by atoms with Crippen LogP contribution in [0.25, 0.3) is 55.6 Å². The van der Waals surface area contributed by atoms with Gasteiger partial charge in [0.1, 0.15) is 0 Å². The Labute approximate surface area is 364 Å². The monoisotopic (exact) mass is 791 g/mol. The van der Waals surface area contributed by atoms with Crippen LogP contribution in [-0.2, 0) is 16.2 Å². The first-order valence-electron chi connectivity index (χ1n) is 22.1. The molecule has 0 saturated heterocycles. The topological polar surface area (TPSA) is 3.24 Å². The molecule has 0 fully saturated rings. The first kappa shape index (κ1) is 35.5. The van der Waals surface area contributed by atoms with Crippen molar-refractivity contribution in [2.75, 3.05) is 4.90 Å². The highest BCUT2D eigenvalue weighted by Gasteiger charge is 2.51. The fourth-order valence-electron chi connectivity index (χ4n) is 12.2. The van der Waals surface area contributed by atoms with E-state index < -0.39 is 0 Å². The number of benzene rings is 9. The van der Waals surface area contributed by atoms with Crippen LogP contribution in [0.4, 0.5) is 17.1 Å². The predicted molar refractivity (Wildman–Crippen MR) is 258 cm³/mol. The van der Waals surface area contributed by atoms with Gasteiger partial charge in [0.05, 0.1) is 5.41 Å². The lowest BCUT2D eigenvalue weighted by Gasteiger charge is -2.32. The molecule has 0 radical (unpaired) electrons. The summed E-state index contributed by atoms with van der Waals surface area (Å²) in [5.41, 5.74) is 26.8. The van der Waals surface area contributed by atoms with Crippen molar-refractivity contribution in [3.8, 4) is 55.6 Å². The number of hydrogen-bond donors (Lipinski definition) is 0. The van der Waals surface area contributed by atoms with Gasteiger partial charge in [-0.05, 0) is 143 Å². The van der Waals surface area contributed by atoms with E-state index in [1.165, 1.54) is 112 Å². The van der Waals surface area contributed by atoms with Crippen molar-refractivity contribution in [1.29, 1.82) is 0 Å². The van der Waals surface area contributed by atoms with E-state index in [1.54, 1.807) is 0 Å². The van der Waals surface area contributed by atoms with Crippen LogP contribution in [0.3, 0.4) is 0 Å². The Hall–Kier alpha value is -7.22. The summed E-state index contributed by atoms with van der Waals surface area (Å²) in [4.78, 5) is 2.53. The second-order valence-corrected chi connectivity index (χ2v) is 18.8. The van der Waals surface area contributed by atoms with Gasteiger partial charge in [0.25, 0.3) is 0 Å². The zero-order chi connectivity index (χ0) is 41.5. The zero-order valence-corrected chi connectivity index (χ0v) is 35.5. The lowest BCUT2D eigenvalue weighted by Crippen LogP contribution is -2.25. The number of anilines is 3. The number of hydrogen-bond acceptors (Lipinski definition) is 1. The van der Waals surface area contributed by atoms with E-state index in [-0.39, 0.29) is 16.2 Å². The SMILES string of the molecule is CC1(C)c2ccccc2-c2ccc(N(c3ccc4c(c3)-c3ccccc3C43c4ccccc4-c4ccccc43)c3ccc4c(c3)C(C)(C)c3cc(-c5ccccc5)ccc3-4)cc21. The van der Waals surface area contributed by atoms with Gasteiger partial charge in [0, 0.05) is 27.9 Å². The Kier molecular flexibility index (Phi) is 7.12. The van der Waals surface area contributed by atoms with Crippen LogP contribution in [0.5, 0.6) is 0 Å². The van der Waals surface area contributed by atoms with Gasteiger partial charge in [-0.2, -0.15) is 0 Å². The van der Waals surface area contributed by atoms with Crippen LogP contribution in [0, 0.1) is 0 Å². The molecule has 4 aliphatic rings. The quantitative estimate of drug-likeness (QED) is 0.172. The summed E-state index contributed by atoms with van der Waals surface area (Å²) in [5, 5.41) is 0. The van der Waals surface area contributed by atoms with Gasteiger partial charge < -0.3 is 4.90 Å². The highest BCUT2D eigenvalue weighted by Crippen LogP contribution is 2.63. The molecule has 9 aromatic rings. The largest absolute Gasteiger partial charge is 0.310 e. The van der Waals surface area contributed by atoms with Gasteiger partial charge in [-0.15, -0.1) is 0 Å². The molecule has 62 heavy (non-hydrogen) atoms. The molecule has 1 heteroatoms. The molecule has 9 aromatic carbocycles. The van der Waals surface area contributed by atoms with Crippen molar-refractivity contribution in [3.63, 3.8) is 0 Å². The van der Waals surface area contributed by atoms with Crippen LogP contribution in [0.2, 0.25) is 0 Å². The van der Waals surface area contributed by atoms with E-state index in [4.69, 9.17) is 0 Å². The van der Waals surface area contributed by atoms with E-state index in [1.807, 2.05) is 0 Å². The van der Waals surface area contributed by atoms with Gasteiger partial charge in [0.15, 0.2) is 0 Å². The van der Waals surface area contributed by atoms with E-state index >= 15 is 0 Å². The van der Waals surface area contributed by atoms with Crippen LogP contribution in [-0.4, -0.2) is 0 Å². The third-order valence-electron chi connectivity index (χ3n) is 15.1. The smallest absolute Gasteiger partial charge is 0.0725 e. The van der Waals surface area contributed by atoms with Gasteiger partial charge in [0.2, 0.25) is 0 Å². The predicted octanol–water partition coefficient (Wildman–Crippen LogP) is 15.8. The third kappa shape index (κ3) is 4.53. The summed E-state index contributed by atoms with van der Waals surface area (Å²) >= 11 is 0. The molecule has 13 rings (SSSR count). The maximum Gasteiger partial charge on any atom is 0.0725 e. The number of fused-ring (bicyclic) bond motifs is 16. The minimum absolute atomic E-state index is 0.127. The molecule has 0 unspecified atom stereocenters. The molecule has 1 nitrogen and oxygen atoms in total. The van der Waals surface area contributed by atoms with Crippen molar-refractivity contribution >= 4 is 17.1 Å². The number of nitrogens with zero attached hydrogens (tertiary/aromatic N) is 1. The van der Waals surface area contributed by atoms with Gasteiger partial charge in [-0.1, -0.05) is 185 Å². The Morgan fingerprint density at radius 3 is 1.19 bits per heavy atom. The Balaban J connectivity index is 1.02. The first-order chi connectivity index (χ1) is 30.3. The standard InChI is InChI=1S/C61H45N/c1-59(2)51-22-12-8-18-43(51)48-31-27-41(36-57(48)59)62(42-28-32-49-47-30-26-39(38-16-6-5-7-17-38)34-56(47)60(3,4)58(49)37-42)40-29-33-55-50(35-40)46-21-11-15-25-54(46)61(55)52-23-13-9-19-44(52)45-20-10-14-24-53(45)61/h5-37H,1-4H3. The fraction of sp³-hybridized carbons (Fsp3) is 0.115. The first-order valence-corrected chi connectivity index (χ1v) is 22.1. The third-order valence-corrected chi connectivity index (χ3v) is 15.1. The molecule has 4 aliphatic carbocycles. The average molecular weight is 792 g/mol. The molecule has 0 aromatic heterocycles. The molecule has 0 bridgehead atoms. The Morgan fingerprint density at radius 2 is 0.629 bits per heavy atom. The van der Waals surface area contributed by atoms with E-state index in [2.05, 4.69) is 233 Å². The minimum atomic E-state index is -0.381. The van der Waals surface area contributed by atoms with Crippen molar-refractivity contribution in [2.45, 2.75) is 43.9 Å². The summed E-state index contributed by atoms with van der Waals surface area (Å²) in [6, 6.07) is 75.8. The summed E-state index contributed by atoms with van der Waals surface area (Å²) < 4.78 is 0. The lowest BCUT2D eigenvalue weighted by atomic mass is 9.70. The second-order valence-electron chi connectivity index (χ2n) is 18.8. The molecule has 0 atom stereocenters. The molecule has 294 valence electrons. The molecule has 0 heterocycles. The van der Waals surface area contributed by atoms with Crippen LogP contribution in [0.15, 0.2) is 200 Å². The lowest BCUT2D eigenvalue weighted by molar-refractivity contribution is 0.660. The van der Waals surface area contributed by atoms with Crippen LogP contribution in [0.1, 0.15) is 72.2 Å². The maximum absolute atomic E-state index is 2.53. The van der Waals surface area contributed by atoms with E-state index in [0.717, 1.165) is 5.69 Å². The molecule has 0 N–H and O–H groups in total. The van der Waals surface area contributed by atoms with Crippen molar-refractivity contribution in [3.05, 3.63) is 245 Å². The zero-order valence-electron chi connectivity index (χ0n) is 35.5. The molecule has 0 amide bonds. The van der Waals surface area contributed by atoms with Crippen LogP contribution >= 0.6 is 0 Å².